The van der Waals surface area contributed by atoms with E-state index in [4.69, 9.17) is 0 Å². The first-order valence-electron chi connectivity index (χ1n) is 8.84. The van der Waals surface area contributed by atoms with Gasteiger partial charge in [-0.25, -0.2) is 8.42 Å². The third-order valence-electron chi connectivity index (χ3n) is 4.48. The van der Waals surface area contributed by atoms with Crippen LogP contribution in [0.5, 0.6) is 0 Å². The van der Waals surface area contributed by atoms with Gasteiger partial charge in [0.25, 0.3) is 27.7 Å². The van der Waals surface area contributed by atoms with Crippen molar-refractivity contribution in [1.29, 1.82) is 0 Å². The van der Waals surface area contributed by atoms with E-state index in [0.717, 1.165) is 0 Å². The standard InChI is InChI=1S/C21H15N3O5S/c25-19(22-17-12-6-10-15-18(17)21(27)23-20(15)26)14-9-4-5-11-16(14)24-30(28,29)13-7-2-1-3-8-13/h1-12,24H,(H,22,25)(H,23,26,27). The fourth-order valence-electron chi connectivity index (χ4n) is 3.09. The monoisotopic (exact) mass is 421 g/mol. The average molecular weight is 421 g/mol. The fraction of sp³-hybridized carbons (Fsp3) is 0. The number of rotatable bonds is 5. The predicted molar refractivity (Wildman–Crippen MR) is 110 cm³/mol. The number of amides is 3. The van der Waals surface area contributed by atoms with Crippen LogP contribution >= 0.6 is 0 Å². The molecule has 150 valence electrons. The molecule has 0 bridgehead atoms. The highest BCUT2D eigenvalue weighted by atomic mass is 32.2. The summed E-state index contributed by atoms with van der Waals surface area (Å²) < 4.78 is 27.7. The number of para-hydroxylation sites is 1. The number of anilines is 2. The van der Waals surface area contributed by atoms with Crippen molar-refractivity contribution in [3.8, 4) is 0 Å². The van der Waals surface area contributed by atoms with Gasteiger partial charge in [-0.2, -0.15) is 0 Å². The van der Waals surface area contributed by atoms with Gasteiger partial charge in [0.1, 0.15) is 0 Å². The Kier molecular flexibility index (Phi) is 4.80. The van der Waals surface area contributed by atoms with Crippen LogP contribution in [0.3, 0.4) is 0 Å². The number of nitrogens with one attached hydrogen (secondary N) is 3. The number of carbonyl (C=O) groups is 3. The largest absolute Gasteiger partial charge is 0.321 e. The lowest BCUT2D eigenvalue weighted by molar-refractivity contribution is 0.0879. The Balaban J connectivity index is 1.65. The molecule has 8 nitrogen and oxygen atoms in total. The van der Waals surface area contributed by atoms with Crippen LogP contribution in [0.15, 0.2) is 77.7 Å². The quantitative estimate of drug-likeness (QED) is 0.547. The number of benzene rings is 3. The van der Waals surface area contributed by atoms with Crippen molar-refractivity contribution in [2.45, 2.75) is 4.90 Å². The topological polar surface area (TPSA) is 121 Å². The van der Waals surface area contributed by atoms with Gasteiger partial charge in [-0.1, -0.05) is 36.4 Å². The predicted octanol–water partition coefficient (Wildman–Crippen LogP) is 2.62. The van der Waals surface area contributed by atoms with Crippen molar-refractivity contribution in [2.75, 3.05) is 10.0 Å². The summed E-state index contributed by atoms with van der Waals surface area (Å²) in [6.07, 6.45) is 0. The van der Waals surface area contributed by atoms with E-state index in [0.29, 0.717) is 0 Å². The smallest absolute Gasteiger partial charge is 0.261 e. The van der Waals surface area contributed by atoms with Crippen LogP contribution < -0.4 is 15.4 Å². The zero-order chi connectivity index (χ0) is 21.3. The molecule has 0 fully saturated rings. The second kappa shape index (κ2) is 7.45. The number of fused-ring (bicyclic) bond motifs is 1. The highest BCUT2D eigenvalue weighted by Crippen LogP contribution is 2.26. The molecule has 0 spiro atoms. The number of imide groups is 1. The molecule has 3 aromatic rings. The van der Waals surface area contributed by atoms with Gasteiger partial charge in [0.05, 0.1) is 33.0 Å². The lowest BCUT2D eigenvalue weighted by Crippen LogP contribution is -2.21. The lowest BCUT2D eigenvalue weighted by Gasteiger charge is -2.13. The molecule has 1 aliphatic rings. The van der Waals surface area contributed by atoms with E-state index < -0.39 is 27.7 Å². The zero-order valence-corrected chi connectivity index (χ0v) is 16.2. The number of carbonyl (C=O) groups excluding carboxylic acids is 3. The third-order valence-corrected chi connectivity index (χ3v) is 5.86. The van der Waals surface area contributed by atoms with Crippen molar-refractivity contribution in [3.05, 3.63) is 89.5 Å². The van der Waals surface area contributed by atoms with Crippen LogP contribution in [0.25, 0.3) is 0 Å². The lowest BCUT2D eigenvalue weighted by atomic mass is 10.1. The maximum Gasteiger partial charge on any atom is 0.261 e. The first kappa shape index (κ1) is 19.3. The summed E-state index contributed by atoms with van der Waals surface area (Å²) in [7, 11) is -3.91. The van der Waals surface area contributed by atoms with Crippen molar-refractivity contribution in [3.63, 3.8) is 0 Å². The fourth-order valence-corrected chi connectivity index (χ4v) is 4.19. The second-order valence-electron chi connectivity index (χ2n) is 6.43. The molecule has 1 heterocycles. The van der Waals surface area contributed by atoms with E-state index in [1.54, 1.807) is 30.3 Å². The van der Waals surface area contributed by atoms with Gasteiger partial charge in [0.15, 0.2) is 0 Å². The highest BCUT2D eigenvalue weighted by Gasteiger charge is 2.30. The molecule has 0 atom stereocenters. The molecule has 0 aliphatic carbocycles. The molecule has 3 aromatic carbocycles. The van der Waals surface area contributed by atoms with Gasteiger partial charge < -0.3 is 5.32 Å². The second-order valence-corrected chi connectivity index (χ2v) is 8.11. The molecule has 0 saturated heterocycles. The minimum Gasteiger partial charge on any atom is -0.321 e. The van der Waals surface area contributed by atoms with Crippen LogP contribution in [-0.2, 0) is 10.0 Å². The number of sulfonamides is 1. The summed E-state index contributed by atoms with van der Waals surface area (Å²) in [6, 6.07) is 18.3. The van der Waals surface area contributed by atoms with Gasteiger partial charge in [0.2, 0.25) is 0 Å². The molecule has 3 N–H and O–H groups in total. The number of hydrogen-bond acceptors (Lipinski definition) is 5. The Hall–Kier alpha value is -3.98. The Morgan fingerprint density at radius 1 is 0.767 bits per heavy atom. The third kappa shape index (κ3) is 3.53. The van der Waals surface area contributed by atoms with E-state index in [9.17, 15) is 22.8 Å². The van der Waals surface area contributed by atoms with Crippen molar-refractivity contribution < 1.29 is 22.8 Å². The van der Waals surface area contributed by atoms with Crippen molar-refractivity contribution in [2.24, 2.45) is 0 Å². The van der Waals surface area contributed by atoms with Crippen LogP contribution in [0.1, 0.15) is 31.1 Å². The van der Waals surface area contributed by atoms with E-state index in [1.165, 1.54) is 42.5 Å². The first-order chi connectivity index (χ1) is 14.4. The maximum atomic E-state index is 12.9. The Morgan fingerprint density at radius 2 is 1.43 bits per heavy atom. The molecule has 0 radical (unpaired) electrons. The summed E-state index contributed by atoms with van der Waals surface area (Å²) in [5.74, 6) is -1.78. The van der Waals surface area contributed by atoms with Crippen LogP contribution in [0.2, 0.25) is 0 Å². The Labute approximate surface area is 172 Å². The molecule has 9 heteroatoms. The van der Waals surface area contributed by atoms with Gasteiger partial charge in [-0.3, -0.25) is 24.4 Å². The minimum absolute atomic E-state index is 0.0521. The molecule has 4 rings (SSSR count). The van der Waals surface area contributed by atoms with E-state index in [-0.39, 0.29) is 33.0 Å². The van der Waals surface area contributed by atoms with E-state index >= 15 is 0 Å². The molecule has 3 amide bonds. The van der Waals surface area contributed by atoms with Crippen molar-refractivity contribution >= 4 is 39.1 Å². The normalized spacial score (nSPS) is 12.8. The molecule has 0 aromatic heterocycles. The SMILES string of the molecule is O=C(Nc1cccc2c1C(=O)NC2=O)c1ccccc1NS(=O)(=O)c1ccccc1. The van der Waals surface area contributed by atoms with Crippen LogP contribution in [0.4, 0.5) is 11.4 Å². The Morgan fingerprint density at radius 3 is 2.20 bits per heavy atom. The molecule has 30 heavy (non-hydrogen) atoms. The highest BCUT2D eigenvalue weighted by molar-refractivity contribution is 7.92. The molecule has 0 saturated carbocycles. The van der Waals surface area contributed by atoms with Crippen molar-refractivity contribution in [1.82, 2.24) is 5.32 Å². The summed E-state index contributed by atoms with van der Waals surface area (Å²) in [6.45, 7) is 0. The van der Waals surface area contributed by atoms with E-state index in [2.05, 4.69) is 15.4 Å². The zero-order valence-electron chi connectivity index (χ0n) is 15.4. The van der Waals surface area contributed by atoms with E-state index in [1.807, 2.05) is 0 Å². The van der Waals surface area contributed by atoms with Crippen LogP contribution in [0, 0.1) is 0 Å². The molecular formula is C21H15N3O5S. The van der Waals surface area contributed by atoms with Gasteiger partial charge in [-0.05, 0) is 36.4 Å². The molecule has 0 unspecified atom stereocenters. The van der Waals surface area contributed by atoms with Gasteiger partial charge in [0, 0.05) is 0 Å². The molecular weight excluding hydrogens is 406 g/mol. The summed E-state index contributed by atoms with van der Waals surface area (Å²) in [5, 5.41) is 4.76. The van der Waals surface area contributed by atoms with Gasteiger partial charge >= 0.3 is 0 Å². The summed E-state index contributed by atoms with van der Waals surface area (Å²) >= 11 is 0. The average Bonchev–Trinajstić information content (AvgIpc) is 3.03. The number of hydrogen-bond donors (Lipinski definition) is 3. The Bertz CT molecular complexity index is 1290. The molecule has 1 aliphatic heterocycles. The minimum atomic E-state index is -3.91. The van der Waals surface area contributed by atoms with Gasteiger partial charge in [-0.15, -0.1) is 0 Å². The first-order valence-corrected chi connectivity index (χ1v) is 10.3. The summed E-state index contributed by atoms with van der Waals surface area (Å²) in [5.41, 5.74) is 0.516. The maximum absolute atomic E-state index is 12.9. The summed E-state index contributed by atoms with van der Waals surface area (Å²) in [4.78, 5) is 36.8. The van der Waals surface area contributed by atoms with Crippen LogP contribution in [-0.4, -0.2) is 26.1 Å².